The van der Waals surface area contributed by atoms with Crippen molar-refractivity contribution in [1.29, 1.82) is 0 Å². The maximum atomic E-state index is 12.4. The number of hydrogen-bond donors (Lipinski definition) is 3. The van der Waals surface area contributed by atoms with E-state index >= 15 is 0 Å². The molecule has 0 aromatic heterocycles. The van der Waals surface area contributed by atoms with Gasteiger partial charge in [-0.2, -0.15) is 0 Å². The van der Waals surface area contributed by atoms with Gasteiger partial charge in [0.15, 0.2) is 5.54 Å². The first-order valence-electron chi connectivity index (χ1n) is 8.45. The van der Waals surface area contributed by atoms with Crippen molar-refractivity contribution in [3.8, 4) is 0 Å². The van der Waals surface area contributed by atoms with E-state index < -0.39 is 29.6 Å². The van der Waals surface area contributed by atoms with Crippen LogP contribution in [0.3, 0.4) is 0 Å². The minimum atomic E-state index is -1.72. The first kappa shape index (κ1) is 17.9. The van der Waals surface area contributed by atoms with Crippen molar-refractivity contribution in [3.63, 3.8) is 0 Å². The van der Waals surface area contributed by atoms with E-state index in [2.05, 4.69) is 0 Å². The summed E-state index contributed by atoms with van der Waals surface area (Å²) in [7, 11) is 0. The normalized spacial score (nSPS) is 25.2. The number of nitrogens with zero attached hydrogens (tertiary/aromatic N) is 1. The lowest BCUT2D eigenvalue weighted by atomic mass is 9.75. The van der Waals surface area contributed by atoms with Crippen molar-refractivity contribution in [2.45, 2.75) is 24.5 Å². The van der Waals surface area contributed by atoms with Gasteiger partial charge in [-0.3, -0.25) is 4.90 Å². The molecule has 3 atom stereocenters. The smallest absolute Gasteiger partial charge is 0.408 e. The third-order valence-corrected chi connectivity index (χ3v) is 5.15. The lowest BCUT2D eigenvalue weighted by molar-refractivity contribution is -0.151. The SMILES string of the molecule is O=C(O)N1C[C@H](O)C(Cc2ccccc2)[C@@]1(Cc1ccccc1)C(=O)O. The van der Waals surface area contributed by atoms with Crippen molar-refractivity contribution in [2.75, 3.05) is 6.54 Å². The Bertz CT molecular complexity index is 779. The molecule has 2 aromatic rings. The molecule has 0 aliphatic carbocycles. The summed E-state index contributed by atoms with van der Waals surface area (Å²) >= 11 is 0. The van der Waals surface area contributed by atoms with Crippen LogP contribution in [0.1, 0.15) is 11.1 Å². The van der Waals surface area contributed by atoms with Crippen LogP contribution in [0.15, 0.2) is 60.7 Å². The highest BCUT2D eigenvalue weighted by Crippen LogP contribution is 2.40. The highest BCUT2D eigenvalue weighted by molar-refractivity contribution is 5.86. The number of carboxylic acids is 1. The molecule has 0 bridgehead atoms. The average Bonchev–Trinajstić information content (AvgIpc) is 2.91. The van der Waals surface area contributed by atoms with Gasteiger partial charge in [-0.05, 0) is 17.5 Å². The largest absolute Gasteiger partial charge is 0.479 e. The number of rotatable bonds is 5. The lowest BCUT2D eigenvalue weighted by Gasteiger charge is -2.37. The van der Waals surface area contributed by atoms with Gasteiger partial charge in [-0.25, -0.2) is 9.59 Å². The highest BCUT2D eigenvalue weighted by atomic mass is 16.4. The maximum absolute atomic E-state index is 12.4. The first-order valence-corrected chi connectivity index (χ1v) is 8.45. The van der Waals surface area contributed by atoms with Crippen molar-refractivity contribution in [3.05, 3.63) is 71.8 Å². The Morgan fingerprint density at radius 2 is 1.50 bits per heavy atom. The predicted molar refractivity (Wildman–Crippen MR) is 94.9 cm³/mol. The van der Waals surface area contributed by atoms with Gasteiger partial charge >= 0.3 is 12.1 Å². The van der Waals surface area contributed by atoms with Gasteiger partial charge in [-0.15, -0.1) is 0 Å². The summed E-state index contributed by atoms with van der Waals surface area (Å²) < 4.78 is 0. The Labute approximate surface area is 151 Å². The third kappa shape index (κ3) is 3.15. The molecule has 6 heteroatoms. The zero-order chi connectivity index (χ0) is 18.7. The van der Waals surface area contributed by atoms with E-state index in [-0.39, 0.29) is 19.4 Å². The maximum Gasteiger partial charge on any atom is 0.408 e. The molecule has 1 aliphatic rings. The van der Waals surface area contributed by atoms with Crippen LogP contribution in [0.2, 0.25) is 0 Å². The van der Waals surface area contributed by atoms with Crippen molar-refractivity contribution < 1.29 is 24.9 Å². The summed E-state index contributed by atoms with van der Waals surface area (Å²) in [6.45, 7) is -0.216. The second kappa shape index (κ2) is 7.17. The quantitative estimate of drug-likeness (QED) is 0.764. The molecular weight excluding hydrogens is 334 g/mol. The van der Waals surface area contributed by atoms with E-state index in [1.54, 1.807) is 24.3 Å². The van der Waals surface area contributed by atoms with Gasteiger partial charge in [0.25, 0.3) is 0 Å². The summed E-state index contributed by atoms with van der Waals surface area (Å²) in [5.74, 6) is -1.99. The fourth-order valence-electron chi connectivity index (χ4n) is 3.90. The molecule has 3 N–H and O–H groups in total. The molecule has 3 rings (SSSR count). The average molecular weight is 355 g/mol. The minimum Gasteiger partial charge on any atom is -0.479 e. The fourth-order valence-corrected chi connectivity index (χ4v) is 3.90. The number of aliphatic hydroxyl groups is 1. The number of β-amino-alcohol motifs (C(OH)–C–C–N with tert-alkyl or cyclic N) is 1. The third-order valence-electron chi connectivity index (χ3n) is 5.15. The molecule has 1 unspecified atom stereocenters. The molecule has 0 spiro atoms. The lowest BCUT2D eigenvalue weighted by Crippen LogP contribution is -2.58. The van der Waals surface area contributed by atoms with Crippen molar-refractivity contribution in [1.82, 2.24) is 4.90 Å². The van der Waals surface area contributed by atoms with Crippen LogP contribution in [0, 0.1) is 5.92 Å². The van der Waals surface area contributed by atoms with Gasteiger partial charge in [0, 0.05) is 12.3 Å². The van der Waals surface area contributed by atoms with Crippen LogP contribution in [0.5, 0.6) is 0 Å². The van der Waals surface area contributed by atoms with Crippen LogP contribution in [-0.4, -0.2) is 50.5 Å². The second-order valence-corrected chi connectivity index (χ2v) is 6.65. The molecule has 1 amide bonds. The fraction of sp³-hybridized carbons (Fsp3) is 0.300. The highest BCUT2D eigenvalue weighted by Gasteiger charge is 2.60. The molecule has 136 valence electrons. The van der Waals surface area contributed by atoms with Crippen LogP contribution >= 0.6 is 0 Å². The number of hydrogen-bond acceptors (Lipinski definition) is 3. The molecule has 1 aliphatic heterocycles. The van der Waals surface area contributed by atoms with Crippen molar-refractivity contribution >= 4 is 12.1 Å². The van der Waals surface area contributed by atoms with Crippen molar-refractivity contribution in [2.24, 2.45) is 5.92 Å². The van der Waals surface area contributed by atoms with E-state index in [0.717, 1.165) is 10.5 Å². The number of benzene rings is 2. The first-order chi connectivity index (χ1) is 12.4. The molecule has 0 saturated carbocycles. The predicted octanol–water partition coefficient (Wildman–Crippen LogP) is 2.27. The number of carboxylic acid groups (broad SMARTS) is 2. The van der Waals surface area contributed by atoms with E-state index in [0.29, 0.717) is 5.56 Å². The summed E-state index contributed by atoms with van der Waals surface area (Å²) in [5.41, 5.74) is -0.140. The Balaban J connectivity index is 2.06. The Morgan fingerprint density at radius 1 is 0.962 bits per heavy atom. The molecule has 26 heavy (non-hydrogen) atoms. The van der Waals surface area contributed by atoms with E-state index in [9.17, 15) is 24.9 Å². The van der Waals surface area contributed by atoms with E-state index in [1.807, 2.05) is 36.4 Å². The number of amides is 1. The summed E-state index contributed by atoms with van der Waals surface area (Å²) in [5, 5.41) is 30.3. The Kier molecular flexibility index (Phi) is 4.95. The molecule has 1 fully saturated rings. The zero-order valence-electron chi connectivity index (χ0n) is 14.2. The van der Waals surface area contributed by atoms with E-state index in [4.69, 9.17) is 0 Å². The number of carbonyl (C=O) groups is 2. The molecule has 0 radical (unpaired) electrons. The standard InChI is InChI=1S/C20H21NO5/c22-17-13-21(19(25)26)20(18(23)24,12-15-9-5-2-6-10-15)16(17)11-14-7-3-1-4-8-14/h1-10,16-17,22H,11-13H2,(H,23,24)(H,25,26)/t16?,17-,20-/m0/s1. The molecule has 2 aromatic carbocycles. The Hall–Kier alpha value is -2.86. The second-order valence-electron chi connectivity index (χ2n) is 6.65. The zero-order valence-corrected chi connectivity index (χ0v) is 14.2. The molecule has 1 heterocycles. The van der Waals surface area contributed by atoms with Crippen LogP contribution in [0.4, 0.5) is 4.79 Å². The van der Waals surface area contributed by atoms with E-state index in [1.165, 1.54) is 0 Å². The number of aliphatic hydroxyl groups excluding tert-OH is 1. The van der Waals surface area contributed by atoms with Gasteiger partial charge in [0.1, 0.15) is 0 Å². The molecular formula is C20H21NO5. The van der Waals surface area contributed by atoms with Gasteiger partial charge in [-0.1, -0.05) is 60.7 Å². The number of likely N-dealkylation sites (tertiary alicyclic amines) is 1. The number of aliphatic carboxylic acids is 1. The summed E-state index contributed by atoms with van der Waals surface area (Å²) in [6, 6.07) is 18.2. The van der Waals surface area contributed by atoms with Crippen LogP contribution < -0.4 is 0 Å². The summed E-state index contributed by atoms with van der Waals surface area (Å²) in [4.78, 5) is 25.1. The van der Waals surface area contributed by atoms with Crippen LogP contribution in [-0.2, 0) is 17.6 Å². The minimum absolute atomic E-state index is 0.00400. The summed E-state index contributed by atoms with van der Waals surface area (Å²) in [6.07, 6.45) is -2.10. The monoisotopic (exact) mass is 355 g/mol. The van der Waals surface area contributed by atoms with Gasteiger partial charge in [0.2, 0.25) is 0 Å². The molecule has 1 saturated heterocycles. The Morgan fingerprint density at radius 3 is 2.00 bits per heavy atom. The van der Waals surface area contributed by atoms with Crippen LogP contribution in [0.25, 0.3) is 0 Å². The topological polar surface area (TPSA) is 98.1 Å². The van der Waals surface area contributed by atoms with Gasteiger partial charge in [0.05, 0.1) is 12.6 Å². The molecule has 6 nitrogen and oxygen atoms in total. The van der Waals surface area contributed by atoms with Gasteiger partial charge < -0.3 is 15.3 Å².